The first-order valence-electron chi connectivity index (χ1n) is 9.44. The Morgan fingerprint density at radius 1 is 1.17 bits per heavy atom. The van der Waals surface area contributed by atoms with E-state index in [4.69, 9.17) is 4.74 Å². The minimum atomic E-state index is -3.74. The van der Waals surface area contributed by atoms with Crippen molar-refractivity contribution in [3.8, 4) is 5.75 Å². The van der Waals surface area contributed by atoms with Gasteiger partial charge in [0.05, 0.1) is 22.8 Å². The number of halogens is 1. The van der Waals surface area contributed by atoms with Gasteiger partial charge in [-0.2, -0.15) is 0 Å². The highest BCUT2D eigenvalue weighted by Gasteiger charge is 2.26. The molecule has 8 nitrogen and oxygen atoms in total. The van der Waals surface area contributed by atoms with Crippen LogP contribution in [0.2, 0.25) is 0 Å². The van der Waals surface area contributed by atoms with E-state index in [0.717, 1.165) is 5.69 Å². The number of carbonyl (C=O) groups is 1. The van der Waals surface area contributed by atoms with Gasteiger partial charge in [0.15, 0.2) is 0 Å². The van der Waals surface area contributed by atoms with Gasteiger partial charge in [0.2, 0.25) is 10.0 Å². The van der Waals surface area contributed by atoms with Crippen molar-refractivity contribution < 1.29 is 23.1 Å². The molecular formula is C20H24BrN3O5S. The van der Waals surface area contributed by atoms with Crippen LogP contribution >= 0.6 is 15.9 Å². The van der Waals surface area contributed by atoms with E-state index in [1.807, 2.05) is 17.0 Å². The van der Waals surface area contributed by atoms with E-state index in [1.54, 1.807) is 23.1 Å². The number of anilines is 1. The first-order valence-corrected chi connectivity index (χ1v) is 11.7. The number of aromatic hydroxyl groups is 1. The van der Waals surface area contributed by atoms with Crippen molar-refractivity contribution in [1.82, 2.24) is 9.62 Å². The molecule has 0 aliphatic carbocycles. The van der Waals surface area contributed by atoms with Crippen molar-refractivity contribution in [1.29, 1.82) is 0 Å². The molecule has 1 heterocycles. The molecule has 162 valence electrons. The Kier molecular flexibility index (Phi) is 7.35. The Morgan fingerprint density at radius 2 is 1.87 bits per heavy atom. The maximum atomic E-state index is 13.1. The minimum Gasteiger partial charge on any atom is -0.506 e. The van der Waals surface area contributed by atoms with Crippen LogP contribution in [-0.4, -0.2) is 70.8 Å². The molecule has 30 heavy (non-hydrogen) atoms. The zero-order valence-corrected chi connectivity index (χ0v) is 18.9. The van der Waals surface area contributed by atoms with Crippen molar-refractivity contribution in [2.24, 2.45) is 0 Å². The lowest BCUT2D eigenvalue weighted by Crippen LogP contribution is -2.48. The standard InChI is InChI=1S/C20H24BrN3O5S/c1-29-13-8-22-30(27,28)15-6-7-17(21)16(14-15)20(26)24-11-9-23(10-12-24)18-4-2-3-5-19(18)25/h2-7,14,22,25H,8-13H2,1H3. The summed E-state index contributed by atoms with van der Waals surface area (Å²) in [6.07, 6.45) is 0. The highest BCUT2D eigenvalue weighted by molar-refractivity contribution is 9.10. The summed E-state index contributed by atoms with van der Waals surface area (Å²) in [5, 5.41) is 10.0. The predicted molar refractivity (Wildman–Crippen MR) is 117 cm³/mol. The first-order chi connectivity index (χ1) is 14.3. The number of methoxy groups -OCH3 is 1. The first kappa shape index (κ1) is 22.5. The maximum Gasteiger partial charge on any atom is 0.255 e. The van der Waals surface area contributed by atoms with Crippen LogP contribution in [0.25, 0.3) is 0 Å². The molecule has 0 atom stereocenters. The van der Waals surface area contributed by atoms with Crippen LogP contribution in [0.1, 0.15) is 10.4 Å². The number of nitrogens with one attached hydrogen (secondary N) is 1. The maximum absolute atomic E-state index is 13.1. The lowest BCUT2D eigenvalue weighted by atomic mass is 10.1. The SMILES string of the molecule is COCCNS(=O)(=O)c1ccc(Br)c(C(=O)N2CCN(c3ccccc3O)CC2)c1. The number of rotatable bonds is 7. The monoisotopic (exact) mass is 497 g/mol. The zero-order chi connectivity index (χ0) is 21.7. The molecule has 3 rings (SSSR count). The number of phenols is 1. The molecule has 2 N–H and O–H groups in total. The molecule has 1 aliphatic rings. The Labute approximate surface area is 184 Å². The molecule has 0 unspecified atom stereocenters. The number of benzene rings is 2. The number of para-hydroxylation sites is 2. The summed E-state index contributed by atoms with van der Waals surface area (Å²) >= 11 is 3.36. The Balaban J connectivity index is 1.72. The summed E-state index contributed by atoms with van der Waals surface area (Å²) in [6, 6.07) is 11.5. The summed E-state index contributed by atoms with van der Waals surface area (Å²) in [4.78, 5) is 16.8. The lowest BCUT2D eigenvalue weighted by Gasteiger charge is -2.36. The highest BCUT2D eigenvalue weighted by Crippen LogP contribution is 2.28. The number of hydrogen-bond acceptors (Lipinski definition) is 6. The molecule has 0 radical (unpaired) electrons. The van der Waals surface area contributed by atoms with E-state index in [9.17, 15) is 18.3 Å². The average molecular weight is 498 g/mol. The van der Waals surface area contributed by atoms with Gasteiger partial charge in [0, 0.05) is 44.3 Å². The molecule has 1 fully saturated rings. The summed E-state index contributed by atoms with van der Waals surface area (Å²) in [6.45, 7) is 2.45. The quantitative estimate of drug-likeness (QED) is 0.567. The fraction of sp³-hybridized carbons (Fsp3) is 0.350. The number of ether oxygens (including phenoxy) is 1. The number of amides is 1. The number of piperazine rings is 1. The van der Waals surface area contributed by atoms with E-state index < -0.39 is 10.0 Å². The fourth-order valence-corrected chi connectivity index (χ4v) is 4.70. The van der Waals surface area contributed by atoms with Crippen LogP contribution in [0.3, 0.4) is 0 Å². The number of phenolic OH excluding ortho intramolecular Hbond substituents is 1. The van der Waals surface area contributed by atoms with Crippen molar-refractivity contribution in [3.05, 3.63) is 52.5 Å². The molecule has 2 aromatic carbocycles. The smallest absolute Gasteiger partial charge is 0.255 e. The van der Waals surface area contributed by atoms with Gasteiger partial charge in [0.25, 0.3) is 5.91 Å². The number of hydrogen-bond donors (Lipinski definition) is 2. The van der Waals surface area contributed by atoms with Crippen LogP contribution < -0.4 is 9.62 Å². The van der Waals surface area contributed by atoms with Gasteiger partial charge >= 0.3 is 0 Å². The fourth-order valence-electron chi connectivity index (χ4n) is 3.25. The Hall–Kier alpha value is -2.14. The molecule has 2 aromatic rings. The van der Waals surface area contributed by atoms with Crippen LogP contribution in [0, 0.1) is 0 Å². The number of nitrogens with zero attached hydrogens (tertiary/aromatic N) is 2. The number of carbonyl (C=O) groups excluding carboxylic acids is 1. The van der Waals surface area contributed by atoms with E-state index in [2.05, 4.69) is 20.7 Å². The van der Waals surface area contributed by atoms with Crippen LogP contribution in [0.15, 0.2) is 51.8 Å². The Bertz CT molecular complexity index is 1010. The van der Waals surface area contributed by atoms with Crippen molar-refractivity contribution in [3.63, 3.8) is 0 Å². The molecule has 0 spiro atoms. The second-order valence-corrected chi connectivity index (χ2v) is 9.42. The minimum absolute atomic E-state index is 0.0259. The third-order valence-corrected chi connectivity index (χ3v) is 7.02. The van der Waals surface area contributed by atoms with E-state index >= 15 is 0 Å². The van der Waals surface area contributed by atoms with Crippen LogP contribution in [0.4, 0.5) is 5.69 Å². The Morgan fingerprint density at radius 3 is 2.53 bits per heavy atom. The third-order valence-electron chi connectivity index (χ3n) is 4.87. The van der Waals surface area contributed by atoms with Gasteiger partial charge in [-0.1, -0.05) is 12.1 Å². The molecule has 1 amide bonds. The number of sulfonamides is 1. The molecule has 0 bridgehead atoms. The van der Waals surface area contributed by atoms with E-state index in [0.29, 0.717) is 36.2 Å². The van der Waals surface area contributed by atoms with Gasteiger partial charge in [-0.3, -0.25) is 4.79 Å². The van der Waals surface area contributed by atoms with Crippen molar-refractivity contribution in [2.75, 3.05) is 51.3 Å². The molecule has 1 saturated heterocycles. The zero-order valence-electron chi connectivity index (χ0n) is 16.5. The van der Waals surface area contributed by atoms with Crippen LogP contribution in [-0.2, 0) is 14.8 Å². The van der Waals surface area contributed by atoms with Gasteiger partial charge in [-0.05, 0) is 46.3 Å². The summed E-state index contributed by atoms with van der Waals surface area (Å²) in [5.74, 6) is -0.0355. The normalized spacial score (nSPS) is 14.7. The second-order valence-electron chi connectivity index (χ2n) is 6.80. The van der Waals surface area contributed by atoms with Crippen molar-refractivity contribution in [2.45, 2.75) is 4.90 Å². The van der Waals surface area contributed by atoms with Crippen LogP contribution in [0.5, 0.6) is 5.75 Å². The van der Waals surface area contributed by atoms with E-state index in [1.165, 1.54) is 19.2 Å². The summed E-state index contributed by atoms with van der Waals surface area (Å²) < 4.78 is 32.8. The third kappa shape index (κ3) is 5.12. The molecule has 0 aromatic heterocycles. The summed E-state index contributed by atoms with van der Waals surface area (Å²) in [5.41, 5.74) is 1.03. The predicted octanol–water partition coefficient (Wildman–Crippen LogP) is 2.04. The largest absolute Gasteiger partial charge is 0.506 e. The molecule has 0 saturated carbocycles. The van der Waals surface area contributed by atoms with Gasteiger partial charge in [0.1, 0.15) is 5.75 Å². The summed E-state index contributed by atoms with van der Waals surface area (Å²) in [7, 11) is -2.25. The molecular weight excluding hydrogens is 474 g/mol. The van der Waals surface area contributed by atoms with E-state index in [-0.39, 0.29) is 29.7 Å². The lowest BCUT2D eigenvalue weighted by molar-refractivity contribution is 0.0745. The molecule has 10 heteroatoms. The van der Waals surface area contributed by atoms with Gasteiger partial charge in [-0.25, -0.2) is 13.1 Å². The second kappa shape index (κ2) is 9.78. The van der Waals surface area contributed by atoms with Gasteiger partial charge < -0.3 is 19.6 Å². The van der Waals surface area contributed by atoms with Gasteiger partial charge in [-0.15, -0.1) is 0 Å². The van der Waals surface area contributed by atoms with Crippen molar-refractivity contribution >= 4 is 37.5 Å². The molecule has 1 aliphatic heterocycles. The average Bonchev–Trinajstić information content (AvgIpc) is 2.74. The topological polar surface area (TPSA) is 99.2 Å². The highest BCUT2D eigenvalue weighted by atomic mass is 79.9.